The van der Waals surface area contributed by atoms with Crippen molar-refractivity contribution in [3.8, 4) is 11.5 Å². The van der Waals surface area contributed by atoms with E-state index in [1.165, 1.54) is 19.2 Å². The number of nitrogens with zero attached hydrogens (tertiary/aromatic N) is 4. The van der Waals surface area contributed by atoms with Crippen LogP contribution in [0.1, 0.15) is 18.4 Å². The number of benzene rings is 2. The van der Waals surface area contributed by atoms with Gasteiger partial charge in [0.2, 0.25) is 5.91 Å². The van der Waals surface area contributed by atoms with Gasteiger partial charge in [-0.25, -0.2) is 9.97 Å². The second kappa shape index (κ2) is 8.87. The molecule has 0 saturated heterocycles. The summed E-state index contributed by atoms with van der Waals surface area (Å²) in [6.45, 7) is 1.25. The number of aliphatic hydroxyl groups is 1. The van der Waals surface area contributed by atoms with Crippen molar-refractivity contribution in [1.82, 2.24) is 14.5 Å². The van der Waals surface area contributed by atoms with E-state index in [9.17, 15) is 9.90 Å². The molecule has 1 amide bonds. The molecule has 9 heteroatoms. The fourth-order valence-electron chi connectivity index (χ4n) is 4.55. The summed E-state index contributed by atoms with van der Waals surface area (Å²) < 4.78 is 8.09. The highest BCUT2D eigenvalue weighted by molar-refractivity contribution is 6.32. The Morgan fingerprint density at radius 3 is 2.83 bits per heavy atom. The predicted molar refractivity (Wildman–Crippen MR) is 135 cm³/mol. The summed E-state index contributed by atoms with van der Waals surface area (Å²) in [6.07, 6.45) is 6.10. The maximum atomic E-state index is 12.6. The Morgan fingerprint density at radius 2 is 2.03 bits per heavy atom. The average Bonchev–Trinajstić information content (AvgIpc) is 3.49. The summed E-state index contributed by atoms with van der Waals surface area (Å²) in [6, 6.07) is 13.1. The van der Waals surface area contributed by atoms with E-state index < -0.39 is 0 Å². The lowest BCUT2D eigenvalue weighted by molar-refractivity contribution is -0.117. The van der Waals surface area contributed by atoms with Crippen LogP contribution in [-0.2, 0) is 17.8 Å². The molecule has 3 heterocycles. The number of ether oxygens (including phenoxy) is 1. The van der Waals surface area contributed by atoms with Crippen molar-refractivity contribution in [2.75, 3.05) is 23.4 Å². The van der Waals surface area contributed by atoms with Crippen molar-refractivity contribution >= 4 is 45.7 Å². The first kappa shape index (κ1) is 21.9. The molecular weight excluding hydrogens is 466 g/mol. The lowest BCUT2D eigenvalue weighted by atomic mass is 10.1. The number of halogens is 1. The highest BCUT2D eigenvalue weighted by Crippen LogP contribution is 2.42. The smallest absolute Gasteiger partial charge is 0.231 e. The van der Waals surface area contributed by atoms with Crippen molar-refractivity contribution in [2.45, 2.75) is 25.8 Å². The molecule has 2 aliphatic rings. The lowest BCUT2D eigenvalue weighted by Gasteiger charge is -2.18. The van der Waals surface area contributed by atoms with Crippen LogP contribution in [0.3, 0.4) is 0 Å². The van der Waals surface area contributed by atoms with Crippen LogP contribution in [0.25, 0.3) is 11.0 Å². The number of amides is 1. The number of carbonyl (C=O) groups excluding carboxylic acids is 1. The van der Waals surface area contributed by atoms with Gasteiger partial charge in [0.05, 0.1) is 29.3 Å². The van der Waals surface area contributed by atoms with E-state index in [1.807, 2.05) is 46.0 Å². The largest absolute Gasteiger partial charge is 0.455 e. The van der Waals surface area contributed by atoms with E-state index in [-0.39, 0.29) is 12.5 Å². The van der Waals surface area contributed by atoms with E-state index in [0.717, 1.165) is 34.5 Å². The first-order valence-electron chi connectivity index (χ1n) is 11.7. The van der Waals surface area contributed by atoms with Crippen LogP contribution in [0.2, 0.25) is 5.02 Å². The van der Waals surface area contributed by atoms with Gasteiger partial charge >= 0.3 is 0 Å². The Bertz CT molecular complexity index is 1430. The van der Waals surface area contributed by atoms with E-state index in [1.54, 1.807) is 12.1 Å². The average molecular weight is 490 g/mol. The van der Waals surface area contributed by atoms with Crippen LogP contribution >= 0.6 is 11.6 Å². The van der Waals surface area contributed by atoms with Gasteiger partial charge in [-0.2, -0.15) is 0 Å². The summed E-state index contributed by atoms with van der Waals surface area (Å²) in [5, 5.41) is 13.1. The molecule has 8 nitrogen and oxygen atoms in total. The lowest BCUT2D eigenvalue weighted by Crippen LogP contribution is -2.28. The predicted octanol–water partition coefficient (Wildman–Crippen LogP) is 4.91. The fraction of sp³-hybridized carbons (Fsp3) is 0.269. The summed E-state index contributed by atoms with van der Waals surface area (Å²) in [5.41, 5.74) is 4.17. The molecule has 2 N–H and O–H groups in total. The normalized spacial score (nSPS) is 15.0. The van der Waals surface area contributed by atoms with E-state index in [4.69, 9.17) is 16.3 Å². The van der Waals surface area contributed by atoms with E-state index in [2.05, 4.69) is 15.3 Å². The monoisotopic (exact) mass is 489 g/mol. The van der Waals surface area contributed by atoms with Gasteiger partial charge in [0.1, 0.15) is 23.3 Å². The quantitative estimate of drug-likeness (QED) is 0.365. The van der Waals surface area contributed by atoms with Gasteiger partial charge in [-0.15, -0.1) is 0 Å². The Kier molecular flexibility index (Phi) is 5.54. The highest BCUT2D eigenvalue weighted by Gasteiger charge is 2.34. The van der Waals surface area contributed by atoms with Crippen molar-refractivity contribution in [2.24, 2.45) is 5.92 Å². The van der Waals surface area contributed by atoms with Crippen LogP contribution in [0.5, 0.6) is 11.5 Å². The molecule has 0 bridgehead atoms. The van der Waals surface area contributed by atoms with Crippen LogP contribution < -0.4 is 15.0 Å². The van der Waals surface area contributed by atoms with Crippen LogP contribution in [-0.4, -0.2) is 38.7 Å². The van der Waals surface area contributed by atoms with Gasteiger partial charge in [-0.1, -0.05) is 17.7 Å². The number of rotatable bonds is 8. The molecule has 0 spiro atoms. The molecule has 1 saturated carbocycles. The Hall–Kier alpha value is -3.62. The van der Waals surface area contributed by atoms with Gasteiger partial charge in [-0.05, 0) is 55.2 Å². The number of nitrogens with one attached hydrogen (secondary N) is 1. The van der Waals surface area contributed by atoms with Crippen molar-refractivity contribution in [3.05, 3.63) is 65.6 Å². The molecule has 1 aliphatic heterocycles. The number of hydrogen-bond acceptors (Lipinski definition) is 6. The van der Waals surface area contributed by atoms with E-state index in [0.29, 0.717) is 41.2 Å². The second-order valence-electron chi connectivity index (χ2n) is 8.94. The molecule has 35 heavy (non-hydrogen) atoms. The standard InChI is InChI=1S/C26H24ClN5O3/c27-19-12-17(30-26-25-20(28-15-29-26)8-9-31(25)10-11-33)6-7-23(19)35-22-3-1-2-21-18(22)13-24(34)32(21)14-16-4-5-16/h1-3,6-9,12,15-16,33H,4-5,10-11,13-14H2,(H,28,29,30). The number of aliphatic hydroxyl groups excluding tert-OH is 1. The van der Waals surface area contributed by atoms with Gasteiger partial charge in [-0.3, -0.25) is 4.79 Å². The molecule has 0 radical (unpaired) electrons. The van der Waals surface area contributed by atoms with Crippen molar-refractivity contribution < 1.29 is 14.6 Å². The third-order valence-corrected chi connectivity index (χ3v) is 6.77. The van der Waals surface area contributed by atoms with Gasteiger partial charge in [0.15, 0.2) is 5.82 Å². The first-order valence-corrected chi connectivity index (χ1v) is 12.1. The highest BCUT2D eigenvalue weighted by atomic mass is 35.5. The third-order valence-electron chi connectivity index (χ3n) is 6.47. The summed E-state index contributed by atoms with van der Waals surface area (Å²) in [7, 11) is 0. The molecule has 0 unspecified atom stereocenters. The summed E-state index contributed by atoms with van der Waals surface area (Å²) in [4.78, 5) is 23.2. The summed E-state index contributed by atoms with van der Waals surface area (Å²) in [5.74, 6) is 2.52. The Morgan fingerprint density at radius 1 is 1.14 bits per heavy atom. The van der Waals surface area contributed by atoms with E-state index >= 15 is 0 Å². The van der Waals surface area contributed by atoms with Gasteiger partial charge in [0, 0.05) is 30.5 Å². The molecular formula is C26H24ClN5O3. The van der Waals surface area contributed by atoms with Crippen LogP contribution in [0.15, 0.2) is 55.0 Å². The fourth-order valence-corrected chi connectivity index (χ4v) is 4.77. The minimum Gasteiger partial charge on any atom is -0.455 e. The zero-order valence-corrected chi connectivity index (χ0v) is 19.7. The SMILES string of the molecule is O=C1Cc2c(Oc3ccc(Nc4ncnc5ccn(CCO)c45)cc3Cl)cccc2N1CC1CC1. The van der Waals surface area contributed by atoms with Crippen LogP contribution in [0, 0.1) is 5.92 Å². The number of hydrogen-bond donors (Lipinski definition) is 2. The number of aromatic nitrogens is 3. The molecule has 1 fully saturated rings. The molecule has 6 rings (SSSR count). The molecule has 1 aliphatic carbocycles. The van der Waals surface area contributed by atoms with Gasteiger partial charge < -0.3 is 24.6 Å². The number of anilines is 3. The van der Waals surface area contributed by atoms with Crippen molar-refractivity contribution in [1.29, 1.82) is 0 Å². The zero-order valence-electron chi connectivity index (χ0n) is 18.9. The number of fused-ring (bicyclic) bond motifs is 2. The van der Waals surface area contributed by atoms with Crippen LogP contribution in [0.4, 0.5) is 17.2 Å². The molecule has 178 valence electrons. The Labute approximate surface area is 207 Å². The second-order valence-corrected chi connectivity index (χ2v) is 9.35. The molecule has 4 aromatic rings. The maximum absolute atomic E-state index is 12.6. The minimum absolute atomic E-state index is 0.0170. The topological polar surface area (TPSA) is 92.5 Å². The Balaban J connectivity index is 1.24. The van der Waals surface area contributed by atoms with Gasteiger partial charge in [0.25, 0.3) is 0 Å². The minimum atomic E-state index is 0.0170. The number of carbonyl (C=O) groups is 1. The first-order chi connectivity index (χ1) is 17.1. The molecule has 2 aromatic carbocycles. The summed E-state index contributed by atoms with van der Waals surface area (Å²) >= 11 is 6.60. The third kappa shape index (κ3) is 4.19. The van der Waals surface area contributed by atoms with Crippen molar-refractivity contribution in [3.63, 3.8) is 0 Å². The molecule has 0 atom stereocenters. The molecule has 2 aromatic heterocycles. The zero-order chi connectivity index (χ0) is 23.9. The maximum Gasteiger partial charge on any atom is 0.231 e.